The SMILES string of the molecule is CCC(Sc1cccc(NC(=O)c2ccc(F)cc2)c1)C(=O)NC1=NN(c2ccccc2)C(=O)C1. The molecule has 0 saturated heterocycles. The summed E-state index contributed by atoms with van der Waals surface area (Å²) in [5, 5.41) is 10.7. The summed E-state index contributed by atoms with van der Waals surface area (Å²) in [6.45, 7) is 1.90. The maximum absolute atomic E-state index is 13.1. The quantitative estimate of drug-likeness (QED) is 0.465. The van der Waals surface area contributed by atoms with Gasteiger partial charge in [-0.15, -0.1) is 11.8 Å². The van der Waals surface area contributed by atoms with Crippen molar-refractivity contribution in [1.82, 2.24) is 5.32 Å². The molecule has 0 aromatic heterocycles. The highest BCUT2D eigenvalue weighted by atomic mass is 32.2. The van der Waals surface area contributed by atoms with Gasteiger partial charge in [0.05, 0.1) is 17.4 Å². The van der Waals surface area contributed by atoms with Gasteiger partial charge in [-0.05, 0) is 61.0 Å². The number of hydrogen-bond acceptors (Lipinski definition) is 5. The minimum atomic E-state index is -0.429. The Morgan fingerprint density at radius 2 is 1.77 bits per heavy atom. The third kappa shape index (κ3) is 6.13. The number of amides is 3. The molecule has 3 amide bonds. The lowest BCUT2D eigenvalue weighted by Crippen LogP contribution is -2.36. The first-order valence-electron chi connectivity index (χ1n) is 11.0. The van der Waals surface area contributed by atoms with E-state index in [2.05, 4.69) is 15.7 Å². The molecular weight excluding hydrogens is 467 g/mol. The topological polar surface area (TPSA) is 90.9 Å². The fourth-order valence-electron chi connectivity index (χ4n) is 3.43. The normalized spacial score (nSPS) is 13.8. The standard InChI is InChI=1S/C26H23FN4O3S/c1-2-22(26(34)29-23-16-24(32)31(30-23)20-8-4-3-5-9-20)35-21-10-6-7-19(15-21)28-25(33)17-11-13-18(27)14-12-17/h3-15,22H,2,16H2,1H3,(H,28,33)(H,29,30,34). The molecule has 0 radical (unpaired) electrons. The third-order valence-corrected chi connectivity index (χ3v) is 6.54. The predicted molar refractivity (Wildman–Crippen MR) is 135 cm³/mol. The average molecular weight is 491 g/mol. The van der Waals surface area contributed by atoms with Crippen LogP contribution in [0.5, 0.6) is 0 Å². The van der Waals surface area contributed by atoms with E-state index in [1.165, 1.54) is 41.0 Å². The Balaban J connectivity index is 1.39. The first-order valence-corrected chi connectivity index (χ1v) is 11.9. The predicted octanol–water partition coefficient (Wildman–Crippen LogP) is 4.82. The molecule has 1 heterocycles. The van der Waals surface area contributed by atoms with Crippen LogP contribution in [0.1, 0.15) is 30.1 Å². The van der Waals surface area contributed by atoms with E-state index in [0.717, 1.165) is 4.90 Å². The molecule has 1 aliphatic heterocycles. The van der Waals surface area contributed by atoms with E-state index in [4.69, 9.17) is 0 Å². The fraction of sp³-hybridized carbons (Fsp3) is 0.154. The van der Waals surface area contributed by atoms with Crippen molar-refractivity contribution in [2.75, 3.05) is 10.3 Å². The number of hydrazone groups is 1. The van der Waals surface area contributed by atoms with Gasteiger partial charge in [0.15, 0.2) is 0 Å². The number of rotatable bonds is 7. The first-order chi connectivity index (χ1) is 16.9. The van der Waals surface area contributed by atoms with Crippen molar-refractivity contribution in [2.24, 2.45) is 5.10 Å². The van der Waals surface area contributed by atoms with Crippen LogP contribution in [-0.2, 0) is 9.59 Å². The minimum absolute atomic E-state index is 0.0205. The Labute approximate surface area is 206 Å². The second kappa shape index (κ2) is 11.0. The Morgan fingerprint density at radius 3 is 2.49 bits per heavy atom. The Hall–Kier alpha value is -3.98. The van der Waals surface area contributed by atoms with Crippen LogP contribution in [0.25, 0.3) is 0 Å². The average Bonchev–Trinajstić information content (AvgIpc) is 3.23. The van der Waals surface area contributed by atoms with Gasteiger partial charge in [-0.3, -0.25) is 14.4 Å². The largest absolute Gasteiger partial charge is 0.322 e. The molecule has 1 atom stereocenters. The first kappa shape index (κ1) is 24.2. The van der Waals surface area contributed by atoms with Crippen LogP contribution in [0.2, 0.25) is 0 Å². The second-order valence-corrected chi connectivity index (χ2v) is 9.03. The summed E-state index contributed by atoms with van der Waals surface area (Å²) < 4.78 is 13.1. The van der Waals surface area contributed by atoms with Crippen molar-refractivity contribution in [3.8, 4) is 0 Å². The Morgan fingerprint density at radius 1 is 1.03 bits per heavy atom. The van der Waals surface area contributed by atoms with Crippen molar-refractivity contribution in [1.29, 1.82) is 0 Å². The molecular formula is C26H23FN4O3S. The number of anilines is 2. The number of halogens is 1. The minimum Gasteiger partial charge on any atom is -0.322 e. The number of amidine groups is 1. The van der Waals surface area contributed by atoms with Crippen molar-refractivity contribution in [3.05, 3.63) is 90.2 Å². The van der Waals surface area contributed by atoms with E-state index < -0.39 is 11.1 Å². The Kier molecular flexibility index (Phi) is 7.57. The molecule has 1 aliphatic rings. The maximum Gasteiger partial charge on any atom is 0.255 e. The van der Waals surface area contributed by atoms with Crippen molar-refractivity contribution in [3.63, 3.8) is 0 Å². The fourth-order valence-corrected chi connectivity index (χ4v) is 4.44. The van der Waals surface area contributed by atoms with Crippen LogP contribution in [-0.4, -0.2) is 28.8 Å². The van der Waals surface area contributed by atoms with Gasteiger partial charge in [0.1, 0.15) is 11.7 Å². The molecule has 3 aromatic rings. The summed E-state index contributed by atoms with van der Waals surface area (Å²) in [7, 11) is 0. The molecule has 9 heteroatoms. The van der Waals surface area contributed by atoms with E-state index >= 15 is 0 Å². The van der Waals surface area contributed by atoms with Crippen LogP contribution >= 0.6 is 11.8 Å². The van der Waals surface area contributed by atoms with Crippen LogP contribution in [0, 0.1) is 5.82 Å². The highest BCUT2D eigenvalue weighted by Crippen LogP contribution is 2.28. The number of carbonyl (C=O) groups is 3. The van der Waals surface area contributed by atoms with E-state index in [1.807, 2.05) is 31.2 Å². The van der Waals surface area contributed by atoms with Gasteiger partial charge < -0.3 is 10.6 Å². The van der Waals surface area contributed by atoms with Crippen molar-refractivity contribution < 1.29 is 18.8 Å². The molecule has 35 heavy (non-hydrogen) atoms. The van der Waals surface area contributed by atoms with Crippen LogP contribution in [0.3, 0.4) is 0 Å². The molecule has 0 spiro atoms. The van der Waals surface area contributed by atoms with Crippen molar-refractivity contribution >= 4 is 46.7 Å². The summed E-state index contributed by atoms with van der Waals surface area (Å²) in [5.74, 6) is -0.923. The van der Waals surface area contributed by atoms with Gasteiger partial charge in [-0.25, -0.2) is 4.39 Å². The third-order valence-electron chi connectivity index (χ3n) is 5.18. The lowest BCUT2D eigenvalue weighted by Gasteiger charge is -2.15. The number of thioether (sulfide) groups is 1. The zero-order chi connectivity index (χ0) is 24.8. The molecule has 0 fully saturated rings. The molecule has 0 saturated carbocycles. The van der Waals surface area contributed by atoms with Gasteiger partial charge in [0.2, 0.25) is 5.91 Å². The van der Waals surface area contributed by atoms with Crippen molar-refractivity contribution in [2.45, 2.75) is 29.9 Å². The molecule has 0 aliphatic carbocycles. The summed E-state index contributed by atoms with van der Waals surface area (Å²) in [5.41, 5.74) is 1.54. The van der Waals surface area contributed by atoms with Crippen LogP contribution in [0.15, 0.2) is 88.9 Å². The monoisotopic (exact) mass is 490 g/mol. The molecule has 4 rings (SSSR count). The number of hydrogen-bond donors (Lipinski definition) is 2. The summed E-state index contributed by atoms with van der Waals surface area (Å²) in [4.78, 5) is 38.5. The van der Waals surface area contributed by atoms with Crippen LogP contribution < -0.4 is 15.6 Å². The van der Waals surface area contributed by atoms with Gasteiger partial charge in [-0.1, -0.05) is 31.2 Å². The zero-order valence-electron chi connectivity index (χ0n) is 18.9. The summed E-state index contributed by atoms with van der Waals surface area (Å²) >= 11 is 1.35. The highest BCUT2D eigenvalue weighted by Gasteiger charge is 2.28. The van der Waals surface area contributed by atoms with Gasteiger partial charge in [-0.2, -0.15) is 10.1 Å². The second-order valence-electron chi connectivity index (χ2n) is 7.76. The number of nitrogens with zero attached hydrogens (tertiary/aromatic N) is 2. The molecule has 0 bridgehead atoms. The van der Waals surface area contributed by atoms with E-state index in [0.29, 0.717) is 29.2 Å². The maximum atomic E-state index is 13.1. The lowest BCUT2D eigenvalue weighted by molar-refractivity contribution is -0.119. The summed E-state index contributed by atoms with van der Waals surface area (Å²) in [6, 6.07) is 21.5. The number of para-hydroxylation sites is 1. The highest BCUT2D eigenvalue weighted by molar-refractivity contribution is 8.00. The van der Waals surface area contributed by atoms with E-state index in [-0.39, 0.29) is 24.1 Å². The molecule has 2 N–H and O–H groups in total. The zero-order valence-corrected chi connectivity index (χ0v) is 19.7. The molecule has 7 nitrogen and oxygen atoms in total. The number of carbonyl (C=O) groups excluding carboxylic acids is 3. The van der Waals surface area contributed by atoms with Gasteiger partial charge in [0, 0.05) is 16.1 Å². The molecule has 3 aromatic carbocycles. The number of nitrogens with one attached hydrogen (secondary N) is 2. The van der Waals surface area contributed by atoms with E-state index in [9.17, 15) is 18.8 Å². The molecule has 1 unspecified atom stereocenters. The molecule has 178 valence electrons. The lowest BCUT2D eigenvalue weighted by atomic mass is 10.2. The van der Waals surface area contributed by atoms with E-state index in [1.54, 1.807) is 30.3 Å². The number of benzene rings is 3. The smallest absolute Gasteiger partial charge is 0.255 e. The van der Waals surface area contributed by atoms with Gasteiger partial charge in [0.25, 0.3) is 11.8 Å². The van der Waals surface area contributed by atoms with Gasteiger partial charge >= 0.3 is 0 Å². The summed E-state index contributed by atoms with van der Waals surface area (Å²) in [6.07, 6.45) is 0.568. The Bertz CT molecular complexity index is 1270. The van der Waals surface area contributed by atoms with Crippen LogP contribution in [0.4, 0.5) is 15.8 Å².